The van der Waals surface area contributed by atoms with E-state index in [4.69, 9.17) is 10.5 Å². The summed E-state index contributed by atoms with van der Waals surface area (Å²) in [5, 5.41) is 0. The van der Waals surface area contributed by atoms with Crippen molar-refractivity contribution < 1.29 is 4.74 Å². The summed E-state index contributed by atoms with van der Waals surface area (Å²) in [4.78, 5) is 0. The van der Waals surface area contributed by atoms with E-state index in [1.807, 2.05) is 31.2 Å². The van der Waals surface area contributed by atoms with Crippen LogP contribution in [-0.4, -0.2) is 0 Å². The lowest BCUT2D eigenvalue weighted by molar-refractivity contribution is 0.467. The van der Waals surface area contributed by atoms with Gasteiger partial charge in [0, 0.05) is 5.69 Å². The number of hydrogen-bond acceptors (Lipinski definition) is 2. The molecule has 2 aromatic rings. The van der Waals surface area contributed by atoms with Gasteiger partial charge in [-0.3, -0.25) is 0 Å². The summed E-state index contributed by atoms with van der Waals surface area (Å²) < 4.78 is 6.97. The van der Waals surface area contributed by atoms with E-state index in [-0.39, 0.29) is 0 Å². The minimum Gasteiger partial charge on any atom is -0.456 e. The van der Waals surface area contributed by atoms with Gasteiger partial charge < -0.3 is 10.5 Å². The number of nitrogen functional groups attached to an aromatic ring is 1. The molecule has 0 aliphatic carbocycles. The van der Waals surface area contributed by atoms with Crippen molar-refractivity contribution in [2.24, 2.45) is 0 Å². The summed E-state index contributed by atoms with van der Waals surface area (Å²) in [7, 11) is 0. The molecule has 1 unspecified atom stereocenters. The molecule has 0 saturated carbocycles. The van der Waals surface area contributed by atoms with Gasteiger partial charge in [-0.15, -0.1) is 0 Å². The molecule has 0 heterocycles. The van der Waals surface area contributed by atoms with Crippen LogP contribution in [0.1, 0.15) is 37.3 Å². The molecule has 0 saturated heterocycles. The zero-order chi connectivity index (χ0) is 14.7. The first kappa shape index (κ1) is 14.9. The molecule has 1 atom stereocenters. The van der Waals surface area contributed by atoms with Gasteiger partial charge in [0.2, 0.25) is 0 Å². The van der Waals surface area contributed by atoms with Crippen LogP contribution in [0.5, 0.6) is 11.5 Å². The molecular formula is C17H20BrNO. The van der Waals surface area contributed by atoms with Crippen molar-refractivity contribution in [3.63, 3.8) is 0 Å². The lowest BCUT2D eigenvalue weighted by atomic mass is 9.98. The van der Waals surface area contributed by atoms with Gasteiger partial charge in [0.15, 0.2) is 0 Å². The fraction of sp³-hybridized carbons (Fsp3) is 0.294. The van der Waals surface area contributed by atoms with Crippen molar-refractivity contribution in [1.82, 2.24) is 0 Å². The topological polar surface area (TPSA) is 35.2 Å². The summed E-state index contributed by atoms with van der Waals surface area (Å²) in [6.07, 6.45) is 1.09. The Morgan fingerprint density at radius 3 is 2.60 bits per heavy atom. The quantitative estimate of drug-likeness (QED) is 0.734. The second kappa shape index (κ2) is 6.31. The van der Waals surface area contributed by atoms with Crippen molar-refractivity contribution in [1.29, 1.82) is 0 Å². The number of anilines is 1. The van der Waals surface area contributed by atoms with E-state index in [0.717, 1.165) is 33.6 Å². The molecule has 0 bridgehead atoms. The van der Waals surface area contributed by atoms with Gasteiger partial charge in [-0.1, -0.05) is 32.0 Å². The lowest BCUT2D eigenvalue weighted by Crippen LogP contribution is -1.97. The van der Waals surface area contributed by atoms with E-state index in [1.165, 1.54) is 5.56 Å². The normalized spacial score (nSPS) is 12.2. The highest BCUT2D eigenvalue weighted by molar-refractivity contribution is 9.10. The summed E-state index contributed by atoms with van der Waals surface area (Å²) in [5.41, 5.74) is 8.91. The molecule has 20 heavy (non-hydrogen) atoms. The number of halogens is 1. The Morgan fingerprint density at radius 2 is 1.90 bits per heavy atom. The third-order valence-corrected chi connectivity index (χ3v) is 4.22. The van der Waals surface area contributed by atoms with Crippen LogP contribution < -0.4 is 10.5 Å². The predicted octanol–water partition coefficient (Wildman–Crippen LogP) is 5.65. The average molecular weight is 334 g/mol. The van der Waals surface area contributed by atoms with Gasteiger partial charge in [0.25, 0.3) is 0 Å². The molecule has 0 amide bonds. The molecule has 2 aromatic carbocycles. The molecular weight excluding hydrogens is 314 g/mol. The van der Waals surface area contributed by atoms with Crippen LogP contribution in [0.25, 0.3) is 0 Å². The van der Waals surface area contributed by atoms with Gasteiger partial charge in [-0.2, -0.15) is 0 Å². The molecule has 2 N–H and O–H groups in total. The highest BCUT2D eigenvalue weighted by Crippen LogP contribution is 2.37. The van der Waals surface area contributed by atoms with Gasteiger partial charge in [0.1, 0.15) is 11.5 Å². The number of rotatable bonds is 4. The van der Waals surface area contributed by atoms with Crippen molar-refractivity contribution >= 4 is 21.6 Å². The first-order valence-corrected chi connectivity index (χ1v) is 7.64. The lowest BCUT2D eigenvalue weighted by Gasteiger charge is -2.17. The van der Waals surface area contributed by atoms with Crippen LogP contribution in [0.4, 0.5) is 5.69 Å². The first-order chi connectivity index (χ1) is 9.52. The summed E-state index contributed by atoms with van der Waals surface area (Å²) >= 11 is 3.51. The molecule has 0 aliphatic rings. The maximum absolute atomic E-state index is 6.10. The smallest absolute Gasteiger partial charge is 0.142 e. The Kier molecular flexibility index (Phi) is 4.71. The molecule has 106 valence electrons. The highest BCUT2D eigenvalue weighted by atomic mass is 79.9. The number of hydrogen-bond donors (Lipinski definition) is 1. The number of ether oxygens (including phenoxy) is 1. The molecule has 3 heteroatoms. The van der Waals surface area contributed by atoms with Crippen LogP contribution >= 0.6 is 15.9 Å². The zero-order valence-electron chi connectivity index (χ0n) is 12.1. The van der Waals surface area contributed by atoms with E-state index in [9.17, 15) is 0 Å². The van der Waals surface area contributed by atoms with E-state index in [0.29, 0.717) is 5.92 Å². The third-order valence-electron chi connectivity index (χ3n) is 3.60. The van der Waals surface area contributed by atoms with E-state index >= 15 is 0 Å². The maximum Gasteiger partial charge on any atom is 0.142 e. The van der Waals surface area contributed by atoms with Gasteiger partial charge in [-0.25, -0.2) is 0 Å². The van der Waals surface area contributed by atoms with E-state index < -0.39 is 0 Å². The Morgan fingerprint density at radius 1 is 1.20 bits per heavy atom. The van der Waals surface area contributed by atoms with Crippen molar-refractivity contribution in [2.45, 2.75) is 33.1 Å². The standard InChI is InChI=1S/C17H20BrNO/c1-4-11(2)13-7-5-6-8-16(13)20-17-9-12(3)15(19)10-14(17)18/h5-11H,4,19H2,1-3H3. The van der Waals surface area contributed by atoms with Crippen LogP contribution in [-0.2, 0) is 0 Å². The maximum atomic E-state index is 6.10. The fourth-order valence-corrected chi connectivity index (χ4v) is 2.51. The number of para-hydroxylation sites is 1. The van der Waals surface area contributed by atoms with Crippen molar-refractivity contribution in [3.8, 4) is 11.5 Å². The van der Waals surface area contributed by atoms with E-state index in [2.05, 4.69) is 41.9 Å². The summed E-state index contributed by atoms with van der Waals surface area (Å²) in [5.74, 6) is 2.18. The number of benzene rings is 2. The Labute approximate surface area is 129 Å². The summed E-state index contributed by atoms with van der Waals surface area (Å²) in [6.45, 7) is 6.38. The van der Waals surface area contributed by atoms with Gasteiger partial charge in [0.05, 0.1) is 4.47 Å². The molecule has 2 nitrogen and oxygen atoms in total. The SMILES string of the molecule is CCC(C)c1ccccc1Oc1cc(C)c(N)cc1Br. The number of aryl methyl sites for hydroxylation is 1. The van der Waals surface area contributed by atoms with Crippen LogP contribution in [0.3, 0.4) is 0 Å². The largest absolute Gasteiger partial charge is 0.456 e. The number of nitrogens with two attached hydrogens (primary N) is 1. The van der Waals surface area contributed by atoms with Crippen LogP contribution in [0.15, 0.2) is 40.9 Å². The Hall–Kier alpha value is -1.48. The molecule has 0 aromatic heterocycles. The predicted molar refractivity (Wildman–Crippen MR) is 88.5 cm³/mol. The highest BCUT2D eigenvalue weighted by Gasteiger charge is 2.12. The first-order valence-electron chi connectivity index (χ1n) is 6.85. The molecule has 0 fully saturated rings. The third kappa shape index (κ3) is 3.15. The minimum absolute atomic E-state index is 0.472. The molecule has 0 spiro atoms. The van der Waals surface area contributed by atoms with Gasteiger partial charge >= 0.3 is 0 Å². The molecule has 2 rings (SSSR count). The van der Waals surface area contributed by atoms with E-state index in [1.54, 1.807) is 0 Å². The fourth-order valence-electron chi connectivity index (χ4n) is 2.07. The Bertz CT molecular complexity index is 610. The van der Waals surface area contributed by atoms with Crippen molar-refractivity contribution in [2.75, 3.05) is 5.73 Å². The monoisotopic (exact) mass is 333 g/mol. The van der Waals surface area contributed by atoms with Crippen LogP contribution in [0.2, 0.25) is 0 Å². The zero-order valence-corrected chi connectivity index (χ0v) is 13.7. The molecule has 0 radical (unpaired) electrons. The Balaban J connectivity index is 2.38. The minimum atomic E-state index is 0.472. The molecule has 0 aliphatic heterocycles. The van der Waals surface area contributed by atoms with Crippen LogP contribution in [0, 0.1) is 6.92 Å². The summed E-state index contributed by atoms with van der Waals surface area (Å²) in [6, 6.07) is 12.0. The van der Waals surface area contributed by atoms with Gasteiger partial charge in [-0.05, 0) is 64.5 Å². The second-order valence-electron chi connectivity index (χ2n) is 5.09. The second-order valence-corrected chi connectivity index (χ2v) is 5.94. The van der Waals surface area contributed by atoms with Crippen molar-refractivity contribution in [3.05, 3.63) is 52.0 Å². The average Bonchev–Trinajstić information content (AvgIpc) is 2.44.